The average Bonchev–Trinajstić information content (AvgIpc) is 2.94. The van der Waals surface area contributed by atoms with Crippen molar-refractivity contribution in [2.24, 2.45) is 5.92 Å². The average molecular weight is 295 g/mol. The highest BCUT2D eigenvalue weighted by molar-refractivity contribution is 9.10. The van der Waals surface area contributed by atoms with Gasteiger partial charge in [-0.3, -0.25) is 0 Å². The summed E-state index contributed by atoms with van der Waals surface area (Å²) in [5, 5.41) is 7.74. The number of nitrogens with one attached hydrogen (secondary N) is 1. The van der Waals surface area contributed by atoms with Crippen LogP contribution in [0.5, 0.6) is 0 Å². The minimum absolute atomic E-state index is 0.731. The van der Waals surface area contributed by atoms with Gasteiger partial charge >= 0.3 is 0 Å². The molecule has 0 saturated heterocycles. The smallest absolute Gasteiger partial charge is 0.243 e. The number of pyridine rings is 1. The molecule has 0 aromatic carbocycles. The Kier molecular flexibility index (Phi) is 3.01. The third-order valence-corrected chi connectivity index (χ3v) is 3.79. The van der Waals surface area contributed by atoms with E-state index in [0.717, 1.165) is 28.5 Å². The molecule has 1 aliphatic carbocycles. The fourth-order valence-electron chi connectivity index (χ4n) is 2.38. The van der Waals surface area contributed by atoms with Crippen molar-refractivity contribution in [2.75, 3.05) is 11.9 Å². The summed E-state index contributed by atoms with van der Waals surface area (Å²) < 4.78 is 2.80. The van der Waals surface area contributed by atoms with Crippen molar-refractivity contribution in [1.29, 1.82) is 0 Å². The topological polar surface area (TPSA) is 42.2 Å². The van der Waals surface area contributed by atoms with E-state index < -0.39 is 0 Å². The third kappa shape index (κ3) is 2.44. The van der Waals surface area contributed by atoms with E-state index in [4.69, 9.17) is 0 Å². The Hall–Kier alpha value is -1.10. The van der Waals surface area contributed by atoms with Gasteiger partial charge < -0.3 is 5.32 Å². The number of aromatic nitrogens is 3. The van der Waals surface area contributed by atoms with Gasteiger partial charge in [-0.2, -0.15) is 4.98 Å². The number of anilines is 1. The van der Waals surface area contributed by atoms with Gasteiger partial charge in [-0.1, -0.05) is 12.8 Å². The van der Waals surface area contributed by atoms with Gasteiger partial charge in [0, 0.05) is 17.2 Å². The van der Waals surface area contributed by atoms with Crippen LogP contribution in [-0.2, 0) is 0 Å². The van der Waals surface area contributed by atoms with E-state index in [0.29, 0.717) is 0 Å². The Morgan fingerprint density at radius 3 is 3.00 bits per heavy atom. The lowest BCUT2D eigenvalue weighted by Gasteiger charge is -2.07. The first-order chi connectivity index (χ1) is 8.31. The maximum absolute atomic E-state index is 4.43. The van der Waals surface area contributed by atoms with E-state index in [9.17, 15) is 0 Å². The van der Waals surface area contributed by atoms with E-state index in [2.05, 4.69) is 31.3 Å². The van der Waals surface area contributed by atoms with Gasteiger partial charge in [0.25, 0.3) is 0 Å². The van der Waals surface area contributed by atoms with Gasteiger partial charge in [0.1, 0.15) is 0 Å². The quantitative estimate of drug-likeness (QED) is 0.946. The highest BCUT2D eigenvalue weighted by Crippen LogP contribution is 2.24. The van der Waals surface area contributed by atoms with Crippen molar-refractivity contribution >= 4 is 27.5 Å². The summed E-state index contributed by atoms with van der Waals surface area (Å²) >= 11 is 3.43. The maximum Gasteiger partial charge on any atom is 0.243 e. The summed E-state index contributed by atoms with van der Waals surface area (Å²) in [5.41, 5.74) is 0.877. The van der Waals surface area contributed by atoms with Crippen LogP contribution < -0.4 is 5.32 Å². The minimum atomic E-state index is 0.731. The monoisotopic (exact) mass is 294 g/mol. The Labute approximate surface area is 109 Å². The molecule has 0 unspecified atom stereocenters. The SMILES string of the molecule is Brc1ccc2nc(NCC3CCCC3)nn2c1. The van der Waals surface area contributed by atoms with Crippen molar-refractivity contribution in [3.8, 4) is 0 Å². The molecule has 4 nitrogen and oxygen atoms in total. The maximum atomic E-state index is 4.43. The third-order valence-electron chi connectivity index (χ3n) is 3.32. The zero-order valence-corrected chi connectivity index (χ0v) is 11.2. The Morgan fingerprint density at radius 2 is 2.18 bits per heavy atom. The normalized spacial score (nSPS) is 16.8. The molecule has 1 N–H and O–H groups in total. The van der Waals surface area contributed by atoms with Crippen molar-refractivity contribution < 1.29 is 0 Å². The fraction of sp³-hybridized carbons (Fsp3) is 0.500. The van der Waals surface area contributed by atoms with Crippen LogP contribution in [0.2, 0.25) is 0 Å². The predicted molar refractivity (Wildman–Crippen MR) is 71.1 cm³/mol. The molecular formula is C12H15BrN4. The molecule has 17 heavy (non-hydrogen) atoms. The Morgan fingerprint density at radius 1 is 1.35 bits per heavy atom. The fourth-order valence-corrected chi connectivity index (χ4v) is 2.71. The molecule has 90 valence electrons. The molecule has 0 radical (unpaired) electrons. The van der Waals surface area contributed by atoms with E-state index in [1.54, 1.807) is 4.52 Å². The number of halogens is 1. The highest BCUT2D eigenvalue weighted by atomic mass is 79.9. The molecule has 5 heteroatoms. The first kappa shape index (κ1) is 11.0. The molecule has 1 saturated carbocycles. The van der Waals surface area contributed by atoms with Crippen molar-refractivity contribution in [2.45, 2.75) is 25.7 Å². The summed E-state index contributed by atoms with van der Waals surface area (Å²) in [6.07, 6.45) is 7.34. The van der Waals surface area contributed by atoms with Gasteiger partial charge in [0.2, 0.25) is 5.95 Å². The van der Waals surface area contributed by atoms with Gasteiger partial charge in [0.05, 0.1) is 0 Å². The second-order valence-electron chi connectivity index (χ2n) is 4.62. The number of nitrogens with zero attached hydrogens (tertiary/aromatic N) is 3. The number of fused-ring (bicyclic) bond motifs is 1. The van der Waals surface area contributed by atoms with Crippen LogP contribution in [0.15, 0.2) is 22.8 Å². The van der Waals surface area contributed by atoms with Crippen molar-refractivity contribution in [1.82, 2.24) is 14.6 Å². The van der Waals surface area contributed by atoms with E-state index >= 15 is 0 Å². The summed E-state index contributed by atoms with van der Waals surface area (Å²) in [6.45, 7) is 0.998. The molecule has 1 aliphatic rings. The summed E-state index contributed by atoms with van der Waals surface area (Å²) in [7, 11) is 0. The van der Waals surface area contributed by atoms with Crippen LogP contribution in [0.1, 0.15) is 25.7 Å². The zero-order valence-electron chi connectivity index (χ0n) is 9.56. The second kappa shape index (κ2) is 4.64. The zero-order chi connectivity index (χ0) is 11.7. The molecule has 0 spiro atoms. The Balaban J connectivity index is 1.72. The molecule has 3 rings (SSSR count). The van der Waals surface area contributed by atoms with Crippen LogP contribution >= 0.6 is 15.9 Å². The van der Waals surface area contributed by atoms with Crippen LogP contribution in [0.4, 0.5) is 5.95 Å². The summed E-state index contributed by atoms with van der Waals surface area (Å²) in [5.74, 6) is 1.53. The molecule has 2 aromatic rings. The molecular weight excluding hydrogens is 280 g/mol. The van der Waals surface area contributed by atoms with Crippen LogP contribution in [0.25, 0.3) is 5.65 Å². The second-order valence-corrected chi connectivity index (χ2v) is 5.53. The lowest BCUT2D eigenvalue weighted by atomic mass is 10.1. The van der Waals surface area contributed by atoms with Gasteiger partial charge in [-0.25, -0.2) is 4.52 Å². The van der Waals surface area contributed by atoms with E-state index in [-0.39, 0.29) is 0 Å². The van der Waals surface area contributed by atoms with E-state index in [1.807, 2.05) is 18.3 Å². The molecule has 0 bridgehead atoms. The minimum Gasteiger partial charge on any atom is -0.353 e. The largest absolute Gasteiger partial charge is 0.353 e. The first-order valence-electron chi connectivity index (χ1n) is 6.07. The van der Waals surface area contributed by atoms with Crippen LogP contribution in [0.3, 0.4) is 0 Å². The lowest BCUT2D eigenvalue weighted by molar-refractivity contribution is 0.577. The standard InChI is InChI=1S/C12H15BrN4/c13-10-5-6-11-15-12(16-17(11)8-10)14-7-9-3-1-2-4-9/h5-6,8-9H,1-4,7H2,(H,14,16). The van der Waals surface area contributed by atoms with Gasteiger partial charge in [-0.15, -0.1) is 5.10 Å². The van der Waals surface area contributed by atoms with Crippen LogP contribution in [-0.4, -0.2) is 21.1 Å². The van der Waals surface area contributed by atoms with Crippen LogP contribution in [0, 0.1) is 5.92 Å². The molecule has 2 aromatic heterocycles. The van der Waals surface area contributed by atoms with Gasteiger partial charge in [-0.05, 0) is 46.8 Å². The molecule has 0 aliphatic heterocycles. The molecule has 0 atom stereocenters. The summed E-state index contributed by atoms with van der Waals surface area (Å²) in [6, 6.07) is 3.93. The predicted octanol–water partition coefficient (Wildman–Crippen LogP) is 3.09. The lowest BCUT2D eigenvalue weighted by Crippen LogP contribution is -2.11. The number of hydrogen-bond acceptors (Lipinski definition) is 3. The Bertz CT molecular complexity index is 516. The van der Waals surface area contributed by atoms with Gasteiger partial charge in [0.15, 0.2) is 5.65 Å². The molecule has 2 heterocycles. The molecule has 1 fully saturated rings. The van der Waals surface area contributed by atoms with Crippen molar-refractivity contribution in [3.63, 3.8) is 0 Å². The van der Waals surface area contributed by atoms with E-state index in [1.165, 1.54) is 25.7 Å². The summed E-state index contributed by atoms with van der Waals surface area (Å²) in [4.78, 5) is 4.43. The number of rotatable bonds is 3. The highest BCUT2D eigenvalue weighted by Gasteiger charge is 2.15. The molecule has 0 amide bonds. The first-order valence-corrected chi connectivity index (χ1v) is 6.86. The van der Waals surface area contributed by atoms with Crippen molar-refractivity contribution in [3.05, 3.63) is 22.8 Å². The number of hydrogen-bond donors (Lipinski definition) is 1.